The Labute approximate surface area is 285 Å². The van der Waals surface area contributed by atoms with Crippen LogP contribution in [0.15, 0.2) is 41.3 Å². The number of carbonyl (C=O) groups excluding carboxylic acids is 2. The number of alkyl halides is 4. The molecule has 14 nitrogen and oxygen atoms in total. The zero-order valence-electron chi connectivity index (χ0n) is 28.7. The number of piperidine rings is 1. The SMILES string of the molecule is CN(C)C/C=C/C(=O)Nc1cc(N[C@@H]2CCN(C)C[C@@H]2F)c2nc(-c3noc(CNC(=O)c4cnn(C(C)(C)C)c4)n3)c(CC(F)(F)F)n2c1. The van der Waals surface area contributed by atoms with Crippen LogP contribution in [0.4, 0.5) is 28.9 Å². The number of nitrogens with zero attached hydrogens (tertiary/aromatic N) is 8. The van der Waals surface area contributed by atoms with E-state index in [1.54, 1.807) is 24.0 Å². The van der Waals surface area contributed by atoms with Gasteiger partial charge in [0.15, 0.2) is 5.65 Å². The fraction of sp³-hybridized carbons (Fsp3) is 0.500. The highest BCUT2D eigenvalue weighted by molar-refractivity contribution is 6.00. The maximum atomic E-state index is 15.1. The van der Waals surface area contributed by atoms with Crippen molar-refractivity contribution in [3.05, 3.63) is 54.0 Å². The first-order valence-corrected chi connectivity index (χ1v) is 16.0. The number of imidazole rings is 1. The first kappa shape index (κ1) is 36.4. The molecule has 1 fully saturated rings. The molecule has 2 atom stereocenters. The van der Waals surface area contributed by atoms with Gasteiger partial charge in [-0.1, -0.05) is 11.2 Å². The molecule has 0 unspecified atom stereocenters. The van der Waals surface area contributed by atoms with Crippen molar-refractivity contribution >= 4 is 28.8 Å². The second-order valence-corrected chi connectivity index (χ2v) is 13.5. The number of likely N-dealkylation sites (tertiary alicyclic amines) is 1. The standard InChI is InChI=1S/C32H41F4N11O3/c1-31(2,3)47-16-19(14-38-47)30(49)37-15-26-41-28(43-50-26)27-24(13-32(34,35)36)46-17-20(39-25(48)8-7-10-44(4)5)12-23(29(46)42-27)40-22-9-11-45(6)18-21(22)33/h7-8,12,14,16-17,21-22,40H,9-11,13,15,18H2,1-6H3,(H,37,49)(H,39,48)/b8-7+/t21-,22+/m0/s1. The van der Waals surface area contributed by atoms with Crippen molar-refractivity contribution in [1.29, 1.82) is 0 Å². The first-order chi connectivity index (χ1) is 23.5. The van der Waals surface area contributed by atoms with Crippen molar-refractivity contribution in [3.8, 4) is 11.5 Å². The summed E-state index contributed by atoms with van der Waals surface area (Å²) in [6, 6.07) is 0.841. The third-order valence-corrected chi connectivity index (χ3v) is 7.89. The molecule has 18 heteroatoms. The summed E-state index contributed by atoms with van der Waals surface area (Å²) in [7, 11) is 5.47. The Balaban J connectivity index is 1.49. The van der Waals surface area contributed by atoms with Crippen LogP contribution in [0, 0.1) is 0 Å². The van der Waals surface area contributed by atoms with Gasteiger partial charge in [-0.15, -0.1) is 0 Å². The average molecular weight is 704 g/mol. The lowest BCUT2D eigenvalue weighted by molar-refractivity contribution is -0.127. The monoisotopic (exact) mass is 703 g/mol. The van der Waals surface area contributed by atoms with Crippen molar-refractivity contribution in [3.63, 3.8) is 0 Å². The molecule has 0 aromatic carbocycles. The molecule has 0 aliphatic carbocycles. The Bertz CT molecular complexity index is 1860. The van der Waals surface area contributed by atoms with Crippen LogP contribution in [-0.4, -0.2) is 110 Å². The summed E-state index contributed by atoms with van der Waals surface area (Å²) in [6.45, 7) is 6.84. The van der Waals surface area contributed by atoms with Crippen molar-refractivity contribution < 1.29 is 31.7 Å². The molecule has 0 bridgehead atoms. The van der Waals surface area contributed by atoms with Gasteiger partial charge in [0.1, 0.15) is 11.9 Å². The maximum absolute atomic E-state index is 15.1. The number of anilines is 2. The molecule has 1 aliphatic heterocycles. The van der Waals surface area contributed by atoms with Crippen LogP contribution < -0.4 is 16.0 Å². The van der Waals surface area contributed by atoms with Gasteiger partial charge in [-0.25, -0.2) is 9.37 Å². The topological polar surface area (TPSA) is 151 Å². The lowest BCUT2D eigenvalue weighted by Crippen LogP contribution is -2.46. The second kappa shape index (κ2) is 14.6. The Morgan fingerprint density at radius 2 is 1.92 bits per heavy atom. The molecule has 5 rings (SSSR count). The zero-order chi connectivity index (χ0) is 36.4. The van der Waals surface area contributed by atoms with E-state index in [2.05, 4.69) is 36.2 Å². The van der Waals surface area contributed by atoms with E-state index < -0.39 is 36.6 Å². The number of aromatic nitrogens is 6. The van der Waals surface area contributed by atoms with Crippen LogP contribution in [-0.2, 0) is 23.3 Å². The van der Waals surface area contributed by atoms with E-state index in [1.807, 2.05) is 44.7 Å². The number of halogens is 4. The highest BCUT2D eigenvalue weighted by Gasteiger charge is 2.34. The number of rotatable bonds is 11. The molecular weight excluding hydrogens is 662 g/mol. The van der Waals surface area contributed by atoms with Gasteiger partial charge in [0, 0.05) is 38.1 Å². The minimum Gasteiger partial charge on any atom is -0.376 e. The third-order valence-electron chi connectivity index (χ3n) is 7.89. The quantitative estimate of drug-likeness (QED) is 0.155. The molecule has 4 aromatic heterocycles. The predicted molar refractivity (Wildman–Crippen MR) is 177 cm³/mol. The number of amides is 2. The molecule has 1 saturated heterocycles. The summed E-state index contributed by atoms with van der Waals surface area (Å²) < 4.78 is 65.4. The van der Waals surface area contributed by atoms with E-state index in [0.29, 0.717) is 25.1 Å². The van der Waals surface area contributed by atoms with Crippen molar-refractivity contribution in [2.75, 3.05) is 51.4 Å². The zero-order valence-corrected chi connectivity index (χ0v) is 28.7. The third kappa shape index (κ3) is 9.03. The lowest BCUT2D eigenvalue weighted by atomic mass is 10.0. The van der Waals surface area contributed by atoms with Gasteiger partial charge in [0.05, 0.1) is 53.4 Å². The molecule has 1 aliphatic rings. The molecule has 50 heavy (non-hydrogen) atoms. The highest BCUT2D eigenvalue weighted by atomic mass is 19.4. The molecule has 3 N–H and O–H groups in total. The van der Waals surface area contributed by atoms with Crippen LogP contribution in [0.5, 0.6) is 0 Å². The number of likely N-dealkylation sites (N-methyl/N-ethyl adjacent to an activating group) is 1. The number of hydrogen-bond acceptors (Lipinski definition) is 10. The Morgan fingerprint density at radius 3 is 2.58 bits per heavy atom. The van der Waals surface area contributed by atoms with E-state index in [9.17, 15) is 22.8 Å². The molecule has 0 saturated carbocycles. The van der Waals surface area contributed by atoms with Crippen molar-refractivity contribution in [2.24, 2.45) is 0 Å². The number of nitrogens with one attached hydrogen (secondary N) is 3. The van der Waals surface area contributed by atoms with E-state index in [4.69, 9.17) is 4.52 Å². The minimum absolute atomic E-state index is 0.0436. The Morgan fingerprint density at radius 1 is 1.16 bits per heavy atom. The fourth-order valence-electron chi connectivity index (χ4n) is 5.37. The van der Waals surface area contributed by atoms with Gasteiger partial charge in [0.25, 0.3) is 5.91 Å². The lowest BCUT2D eigenvalue weighted by Gasteiger charge is -2.33. The molecule has 0 radical (unpaired) electrons. The number of fused-ring (bicyclic) bond motifs is 1. The van der Waals surface area contributed by atoms with Gasteiger partial charge in [-0.05, 0) is 54.4 Å². The smallest absolute Gasteiger partial charge is 0.376 e. The molecule has 0 spiro atoms. The first-order valence-electron chi connectivity index (χ1n) is 16.0. The normalized spacial score (nSPS) is 17.6. The Hall–Kier alpha value is -4.84. The van der Waals surface area contributed by atoms with Crippen LogP contribution in [0.3, 0.4) is 0 Å². The average Bonchev–Trinajstić information content (AvgIpc) is 3.76. The molecular formula is C32H41F4N11O3. The summed E-state index contributed by atoms with van der Waals surface area (Å²) >= 11 is 0. The summed E-state index contributed by atoms with van der Waals surface area (Å²) in [5, 5.41) is 16.5. The molecule has 5 heterocycles. The van der Waals surface area contributed by atoms with Crippen LogP contribution in [0.1, 0.15) is 49.1 Å². The Kier molecular flexibility index (Phi) is 10.6. The van der Waals surface area contributed by atoms with Crippen LogP contribution in [0.25, 0.3) is 17.2 Å². The van der Waals surface area contributed by atoms with E-state index in [1.165, 1.54) is 28.9 Å². The second-order valence-electron chi connectivity index (χ2n) is 13.5. The van der Waals surface area contributed by atoms with Crippen molar-refractivity contribution in [1.82, 2.24) is 44.4 Å². The van der Waals surface area contributed by atoms with Crippen LogP contribution in [0.2, 0.25) is 0 Å². The maximum Gasteiger partial charge on any atom is 0.394 e. The summed E-state index contributed by atoms with van der Waals surface area (Å²) in [4.78, 5) is 37.9. The van der Waals surface area contributed by atoms with Gasteiger partial charge in [-0.2, -0.15) is 23.3 Å². The van der Waals surface area contributed by atoms with E-state index in [-0.39, 0.29) is 58.8 Å². The fourth-order valence-corrected chi connectivity index (χ4v) is 5.37. The predicted octanol–water partition coefficient (Wildman–Crippen LogP) is 3.88. The van der Waals surface area contributed by atoms with E-state index >= 15 is 4.39 Å². The summed E-state index contributed by atoms with van der Waals surface area (Å²) in [5.41, 5.74) is -0.201. The van der Waals surface area contributed by atoms with Gasteiger partial charge in [0.2, 0.25) is 17.6 Å². The molecule has 270 valence electrons. The molecule has 4 aromatic rings. The number of pyridine rings is 1. The number of carbonyl (C=O) groups is 2. The van der Waals surface area contributed by atoms with Gasteiger partial charge < -0.3 is 30.3 Å². The minimum atomic E-state index is -4.68. The van der Waals surface area contributed by atoms with Crippen LogP contribution >= 0.6 is 0 Å². The molecule has 2 amide bonds. The summed E-state index contributed by atoms with van der Waals surface area (Å²) in [6.07, 6.45) is 0.320. The van der Waals surface area contributed by atoms with Gasteiger partial charge >= 0.3 is 6.18 Å². The number of hydrogen-bond donors (Lipinski definition) is 3. The highest BCUT2D eigenvalue weighted by Crippen LogP contribution is 2.34. The van der Waals surface area contributed by atoms with Crippen molar-refractivity contribution in [2.45, 2.75) is 64.1 Å². The van der Waals surface area contributed by atoms with E-state index in [0.717, 1.165) is 0 Å². The largest absolute Gasteiger partial charge is 0.394 e. The van der Waals surface area contributed by atoms with Gasteiger partial charge in [-0.3, -0.25) is 18.7 Å². The summed E-state index contributed by atoms with van der Waals surface area (Å²) in [5.74, 6) is -1.29.